The first kappa shape index (κ1) is 11.2. The van der Waals surface area contributed by atoms with E-state index >= 15 is 0 Å². The lowest BCUT2D eigenvalue weighted by Crippen LogP contribution is -2.10. The molecule has 0 fully saturated rings. The maximum absolute atomic E-state index is 11.8. The normalized spacial score (nSPS) is 11.7. The van der Waals surface area contributed by atoms with Crippen LogP contribution in [0.3, 0.4) is 0 Å². The number of aromatic hydroxyl groups is 1. The second-order valence-electron chi connectivity index (χ2n) is 2.85. The standard InChI is InChI=1S/C9H9F3OS/c1-6-2-3-7(4-8(6)13)14-5-9(10,11)12/h2-4,13H,5H2,1H3. The molecule has 0 aliphatic rings. The Labute approximate surface area is 83.9 Å². The molecule has 1 nitrogen and oxygen atoms in total. The van der Waals surface area contributed by atoms with Crippen LogP contribution in [0.1, 0.15) is 5.56 Å². The molecular formula is C9H9F3OS. The van der Waals surface area contributed by atoms with Gasteiger partial charge in [0, 0.05) is 4.90 Å². The van der Waals surface area contributed by atoms with Crippen LogP contribution < -0.4 is 0 Å². The molecule has 0 aromatic heterocycles. The van der Waals surface area contributed by atoms with Crippen LogP contribution in [0.25, 0.3) is 0 Å². The lowest BCUT2D eigenvalue weighted by molar-refractivity contribution is -0.105. The average molecular weight is 222 g/mol. The summed E-state index contributed by atoms with van der Waals surface area (Å²) in [6.07, 6.45) is -4.18. The fourth-order valence-corrected chi connectivity index (χ4v) is 1.53. The Morgan fingerprint density at radius 2 is 2.00 bits per heavy atom. The highest BCUT2D eigenvalue weighted by Crippen LogP contribution is 2.30. The smallest absolute Gasteiger partial charge is 0.398 e. The zero-order valence-corrected chi connectivity index (χ0v) is 8.25. The summed E-state index contributed by atoms with van der Waals surface area (Å²) < 4.78 is 35.5. The molecule has 0 amide bonds. The molecule has 1 N–H and O–H groups in total. The predicted octanol–water partition coefficient (Wildman–Crippen LogP) is 3.36. The van der Waals surface area contributed by atoms with Crippen LogP contribution in [0.4, 0.5) is 13.2 Å². The Morgan fingerprint density at radius 1 is 1.36 bits per heavy atom. The first-order valence-electron chi connectivity index (χ1n) is 3.87. The Bertz CT molecular complexity index is 322. The van der Waals surface area contributed by atoms with Crippen LogP contribution in [0.15, 0.2) is 23.1 Å². The van der Waals surface area contributed by atoms with E-state index in [-0.39, 0.29) is 5.75 Å². The van der Waals surface area contributed by atoms with Crippen molar-refractivity contribution < 1.29 is 18.3 Å². The monoisotopic (exact) mass is 222 g/mol. The number of aryl methyl sites for hydroxylation is 1. The van der Waals surface area contributed by atoms with Gasteiger partial charge in [0.15, 0.2) is 0 Å². The van der Waals surface area contributed by atoms with Crippen molar-refractivity contribution in [2.24, 2.45) is 0 Å². The molecule has 0 aliphatic heterocycles. The highest BCUT2D eigenvalue weighted by Gasteiger charge is 2.27. The van der Waals surface area contributed by atoms with E-state index in [9.17, 15) is 18.3 Å². The third-order valence-corrected chi connectivity index (χ3v) is 2.64. The van der Waals surface area contributed by atoms with E-state index in [1.165, 1.54) is 6.07 Å². The summed E-state index contributed by atoms with van der Waals surface area (Å²) >= 11 is 0.665. The Balaban J connectivity index is 2.65. The van der Waals surface area contributed by atoms with Crippen molar-refractivity contribution in [3.63, 3.8) is 0 Å². The van der Waals surface area contributed by atoms with Crippen molar-refractivity contribution in [2.75, 3.05) is 5.75 Å². The molecule has 0 heterocycles. The van der Waals surface area contributed by atoms with Gasteiger partial charge >= 0.3 is 6.18 Å². The van der Waals surface area contributed by atoms with E-state index < -0.39 is 11.9 Å². The number of benzene rings is 1. The molecule has 0 saturated heterocycles. The highest BCUT2D eigenvalue weighted by molar-refractivity contribution is 7.99. The molecule has 14 heavy (non-hydrogen) atoms. The molecule has 1 rings (SSSR count). The van der Waals surface area contributed by atoms with E-state index in [1.807, 2.05) is 0 Å². The minimum absolute atomic E-state index is 0.0252. The molecule has 5 heteroatoms. The second-order valence-corrected chi connectivity index (χ2v) is 3.90. The Hall–Kier alpha value is -0.840. The van der Waals surface area contributed by atoms with E-state index in [2.05, 4.69) is 0 Å². The van der Waals surface area contributed by atoms with Crippen LogP contribution in [-0.2, 0) is 0 Å². The van der Waals surface area contributed by atoms with Gasteiger partial charge in [-0.2, -0.15) is 13.2 Å². The van der Waals surface area contributed by atoms with E-state index in [1.54, 1.807) is 19.1 Å². The summed E-state index contributed by atoms with van der Waals surface area (Å²) in [5.74, 6) is -0.910. The molecule has 0 unspecified atom stereocenters. The SMILES string of the molecule is Cc1ccc(SCC(F)(F)F)cc1O. The summed E-state index contributed by atoms with van der Waals surface area (Å²) in [6, 6.07) is 4.49. The maximum atomic E-state index is 11.8. The van der Waals surface area contributed by atoms with Gasteiger partial charge in [-0.05, 0) is 24.6 Å². The van der Waals surface area contributed by atoms with Gasteiger partial charge < -0.3 is 5.11 Å². The summed E-state index contributed by atoms with van der Waals surface area (Å²) in [6.45, 7) is 1.69. The van der Waals surface area contributed by atoms with Crippen molar-refractivity contribution in [1.29, 1.82) is 0 Å². The average Bonchev–Trinajstić information content (AvgIpc) is 2.06. The molecule has 0 aliphatic carbocycles. The predicted molar refractivity (Wildman–Crippen MR) is 49.6 cm³/mol. The number of phenols is 1. The number of hydrogen-bond donors (Lipinski definition) is 1. The summed E-state index contributed by atoms with van der Waals surface area (Å²) in [5.41, 5.74) is 0.654. The number of alkyl halides is 3. The van der Waals surface area contributed by atoms with Crippen molar-refractivity contribution in [3.8, 4) is 5.75 Å². The third-order valence-electron chi connectivity index (χ3n) is 1.58. The number of phenolic OH excluding ortho intramolecular Hbond substituents is 1. The van der Waals surface area contributed by atoms with Crippen molar-refractivity contribution in [1.82, 2.24) is 0 Å². The molecule has 0 atom stereocenters. The van der Waals surface area contributed by atoms with Crippen LogP contribution in [0, 0.1) is 6.92 Å². The van der Waals surface area contributed by atoms with Crippen LogP contribution in [-0.4, -0.2) is 17.0 Å². The first-order chi connectivity index (χ1) is 6.38. The quantitative estimate of drug-likeness (QED) is 0.774. The van der Waals surface area contributed by atoms with Gasteiger partial charge in [0.1, 0.15) is 5.75 Å². The third kappa shape index (κ3) is 3.49. The Morgan fingerprint density at radius 3 is 2.50 bits per heavy atom. The highest BCUT2D eigenvalue weighted by atomic mass is 32.2. The van der Waals surface area contributed by atoms with Gasteiger partial charge in [-0.3, -0.25) is 0 Å². The molecule has 0 bridgehead atoms. The van der Waals surface area contributed by atoms with Crippen molar-refractivity contribution >= 4 is 11.8 Å². The number of rotatable bonds is 2. The van der Waals surface area contributed by atoms with Crippen LogP contribution in [0.2, 0.25) is 0 Å². The summed E-state index contributed by atoms with van der Waals surface area (Å²) in [7, 11) is 0. The molecule has 1 aromatic carbocycles. The number of hydrogen-bond acceptors (Lipinski definition) is 2. The van der Waals surface area contributed by atoms with Gasteiger partial charge in [-0.1, -0.05) is 6.07 Å². The summed E-state index contributed by atoms with van der Waals surface area (Å²) in [5, 5.41) is 9.23. The van der Waals surface area contributed by atoms with Gasteiger partial charge in [-0.15, -0.1) is 11.8 Å². The van der Waals surface area contributed by atoms with Gasteiger partial charge in [0.05, 0.1) is 5.75 Å². The van der Waals surface area contributed by atoms with Gasteiger partial charge in [-0.25, -0.2) is 0 Å². The van der Waals surface area contributed by atoms with Crippen molar-refractivity contribution in [2.45, 2.75) is 18.0 Å². The van der Waals surface area contributed by atoms with E-state index in [0.717, 1.165) is 0 Å². The lowest BCUT2D eigenvalue weighted by atomic mass is 10.2. The Kier molecular flexibility index (Phi) is 3.31. The van der Waals surface area contributed by atoms with E-state index in [4.69, 9.17) is 0 Å². The molecule has 1 aromatic rings. The number of halogens is 3. The minimum Gasteiger partial charge on any atom is -0.508 e. The topological polar surface area (TPSA) is 20.2 Å². The number of thioether (sulfide) groups is 1. The first-order valence-corrected chi connectivity index (χ1v) is 4.86. The van der Waals surface area contributed by atoms with Gasteiger partial charge in [0.2, 0.25) is 0 Å². The zero-order valence-electron chi connectivity index (χ0n) is 7.43. The summed E-state index contributed by atoms with van der Waals surface area (Å²) in [4.78, 5) is 0.422. The second kappa shape index (κ2) is 4.13. The molecule has 0 saturated carbocycles. The lowest BCUT2D eigenvalue weighted by Gasteiger charge is -2.06. The van der Waals surface area contributed by atoms with E-state index in [0.29, 0.717) is 22.2 Å². The molecule has 0 spiro atoms. The fourth-order valence-electron chi connectivity index (χ4n) is 0.844. The largest absolute Gasteiger partial charge is 0.508 e. The molecule has 78 valence electrons. The molecule has 0 radical (unpaired) electrons. The van der Waals surface area contributed by atoms with Crippen molar-refractivity contribution in [3.05, 3.63) is 23.8 Å². The van der Waals surface area contributed by atoms with Gasteiger partial charge in [0.25, 0.3) is 0 Å². The maximum Gasteiger partial charge on any atom is 0.398 e. The van der Waals surface area contributed by atoms with Crippen LogP contribution in [0.5, 0.6) is 5.75 Å². The zero-order chi connectivity index (χ0) is 10.8. The minimum atomic E-state index is -4.18. The fraction of sp³-hybridized carbons (Fsp3) is 0.333. The van der Waals surface area contributed by atoms with Crippen LogP contribution >= 0.6 is 11.8 Å². The molecular weight excluding hydrogens is 213 g/mol.